The van der Waals surface area contributed by atoms with Gasteiger partial charge in [0, 0.05) is 5.56 Å². The van der Waals surface area contributed by atoms with Crippen LogP contribution in [0.3, 0.4) is 0 Å². The Balaban J connectivity index is 2.11. The Morgan fingerprint density at radius 2 is 1.38 bits per heavy atom. The zero-order valence-corrected chi connectivity index (χ0v) is 11.5. The molecule has 0 amide bonds. The Hall–Kier alpha value is -2.58. The van der Waals surface area contributed by atoms with Gasteiger partial charge in [-0.15, -0.1) is 0 Å². The molecule has 21 heavy (non-hydrogen) atoms. The molecule has 0 aliphatic heterocycles. The second-order valence-electron chi connectivity index (χ2n) is 4.91. The molecule has 0 unspecified atom stereocenters. The van der Waals surface area contributed by atoms with Crippen LogP contribution in [0, 0.1) is 0 Å². The van der Waals surface area contributed by atoms with Crippen LogP contribution in [0.15, 0.2) is 72.8 Å². The van der Waals surface area contributed by atoms with E-state index in [1.165, 1.54) is 0 Å². The minimum atomic E-state index is -0.0651. The number of aliphatic hydroxyl groups excluding tert-OH is 1. The molecule has 0 aliphatic rings. The number of hydrogen-bond donors (Lipinski definition) is 2. The van der Waals surface area contributed by atoms with Gasteiger partial charge in [0.1, 0.15) is 5.75 Å². The van der Waals surface area contributed by atoms with Crippen LogP contribution in [0.4, 0.5) is 0 Å². The van der Waals surface area contributed by atoms with Gasteiger partial charge in [0.05, 0.1) is 6.61 Å². The standard InChI is InChI=1S/C19H16O2/c20-13-16-12-15(14-6-2-1-3-7-14)10-11-17(16)18-8-4-5-9-19(18)21/h1-12,20-21H,13H2. The van der Waals surface area contributed by atoms with Gasteiger partial charge in [-0.1, -0.05) is 60.7 Å². The molecule has 2 N–H and O–H groups in total. The van der Waals surface area contributed by atoms with Crippen molar-refractivity contribution in [1.82, 2.24) is 0 Å². The fraction of sp³-hybridized carbons (Fsp3) is 0.0526. The summed E-state index contributed by atoms with van der Waals surface area (Å²) in [6, 6.07) is 23.1. The second kappa shape index (κ2) is 5.81. The zero-order valence-electron chi connectivity index (χ0n) is 11.5. The Labute approximate surface area is 123 Å². The first-order valence-electron chi connectivity index (χ1n) is 6.87. The van der Waals surface area contributed by atoms with Crippen molar-refractivity contribution >= 4 is 0 Å². The lowest BCUT2D eigenvalue weighted by molar-refractivity contribution is 0.282. The molecule has 2 nitrogen and oxygen atoms in total. The highest BCUT2D eigenvalue weighted by Gasteiger charge is 2.09. The molecule has 0 aromatic heterocycles. The van der Waals surface area contributed by atoms with Crippen molar-refractivity contribution in [3.63, 3.8) is 0 Å². The van der Waals surface area contributed by atoms with Crippen LogP contribution in [-0.2, 0) is 6.61 Å². The highest BCUT2D eigenvalue weighted by Crippen LogP contribution is 2.33. The van der Waals surface area contributed by atoms with Crippen LogP contribution in [0.25, 0.3) is 22.3 Å². The molecule has 0 saturated carbocycles. The first-order valence-corrected chi connectivity index (χ1v) is 6.87. The first kappa shape index (κ1) is 13.4. The quantitative estimate of drug-likeness (QED) is 0.752. The Morgan fingerprint density at radius 3 is 2.10 bits per heavy atom. The molecule has 2 heteroatoms. The van der Waals surface area contributed by atoms with Gasteiger partial charge in [0.15, 0.2) is 0 Å². The first-order chi connectivity index (χ1) is 10.3. The van der Waals surface area contributed by atoms with Crippen LogP contribution < -0.4 is 0 Å². The van der Waals surface area contributed by atoms with Crippen LogP contribution in [-0.4, -0.2) is 10.2 Å². The van der Waals surface area contributed by atoms with Crippen LogP contribution in [0.5, 0.6) is 5.75 Å². The van der Waals surface area contributed by atoms with Crippen molar-refractivity contribution in [3.05, 3.63) is 78.4 Å². The number of hydrogen-bond acceptors (Lipinski definition) is 2. The van der Waals surface area contributed by atoms with Gasteiger partial charge in [0.25, 0.3) is 0 Å². The summed E-state index contributed by atoms with van der Waals surface area (Å²) in [7, 11) is 0. The van der Waals surface area contributed by atoms with E-state index in [1.807, 2.05) is 60.7 Å². The maximum Gasteiger partial charge on any atom is 0.123 e. The molecule has 3 aromatic carbocycles. The van der Waals surface area contributed by atoms with E-state index >= 15 is 0 Å². The maximum atomic E-state index is 9.99. The summed E-state index contributed by atoms with van der Waals surface area (Å²) < 4.78 is 0. The van der Waals surface area contributed by atoms with E-state index in [4.69, 9.17) is 0 Å². The van der Waals surface area contributed by atoms with Crippen molar-refractivity contribution in [2.75, 3.05) is 0 Å². The lowest BCUT2D eigenvalue weighted by Gasteiger charge is -2.12. The lowest BCUT2D eigenvalue weighted by atomic mass is 9.95. The molecule has 3 rings (SSSR count). The Bertz CT molecular complexity index is 749. The van der Waals surface area contributed by atoms with E-state index in [0.717, 1.165) is 27.8 Å². The lowest BCUT2D eigenvalue weighted by Crippen LogP contribution is -1.91. The van der Waals surface area contributed by atoms with Crippen LogP contribution >= 0.6 is 0 Å². The predicted molar refractivity (Wildman–Crippen MR) is 84.9 cm³/mol. The van der Waals surface area contributed by atoms with Crippen molar-refractivity contribution < 1.29 is 10.2 Å². The van der Waals surface area contributed by atoms with Crippen LogP contribution in [0.2, 0.25) is 0 Å². The third kappa shape index (κ3) is 2.67. The smallest absolute Gasteiger partial charge is 0.123 e. The van der Waals surface area contributed by atoms with Gasteiger partial charge >= 0.3 is 0 Å². The third-order valence-electron chi connectivity index (χ3n) is 3.58. The Morgan fingerprint density at radius 1 is 0.667 bits per heavy atom. The van der Waals surface area contributed by atoms with E-state index in [0.29, 0.717) is 0 Å². The summed E-state index contributed by atoms with van der Waals surface area (Å²) >= 11 is 0. The van der Waals surface area contributed by atoms with E-state index in [-0.39, 0.29) is 12.4 Å². The number of aromatic hydroxyl groups is 1. The SMILES string of the molecule is OCc1cc(-c2ccccc2)ccc1-c1ccccc1O. The summed E-state index contributed by atoms with van der Waals surface area (Å²) in [5.41, 5.74) is 4.56. The van der Waals surface area contributed by atoms with Crippen molar-refractivity contribution in [2.24, 2.45) is 0 Å². The highest BCUT2D eigenvalue weighted by molar-refractivity contribution is 5.76. The number of phenolic OH excluding ortho intramolecular Hbond substituents is 1. The van der Waals surface area contributed by atoms with E-state index in [9.17, 15) is 10.2 Å². The molecule has 0 fully saturated rings. The Kier molecular flexibility index (Phi) is 3.71. The van der Waals surface area contributed by atoms with Crippen molar-refractivity contribution in [1.29, 1.82) is 0 Å². The molecule has 0 saturated heterocycles. The monoisotopic (exact) mass is 276 g/mol. The van der Waals surface area contributed by atoms with Gasteiger partial charge < -0.3 is 10.2 Å². The minimum Gasteiger partial charge on any atom is -0.507 e. The van der Waals surface area contributed by atoms with E-state index < -0.39 is 0 Å². The summed E-state index contributed by atoms with van der Waals surface area (Å²) in [6.07, 6.45) is 0. The topological polar surface area (TPSA) is 40.5 Å². The molecular weight excluding hydrogens is 260 g/mol. The van der Waals surface area contributed by atoms with Gasteiger partial charge in [-0.3, -0.25) is 0 Å². The van der Waals surface area contributed by atoms with Crippen molar-refractivity contribution in [3.8, 4) is 28.0 Å². The second-order valence-corrected chi connectivity index (χ2v) is 4.91. The third-order valence-corrected chi connectivity index (χ3v) is 3.58. The molecule has 0 atom stereocenters. The van der Waals surface area contributed by atoms with E-state index in [2.05, 4.69) is 0 Å². The van der Waals surface area contributed by atoms with Crippen LogP contribution in [0.1, 0.15) is 5.56 Å². The fourth-order valence-corrected chi connectivity index (χ4v) is 2.50. The largest absolute Gasteiger partial charge is 0.507 e. The predicted octanol–water partition coefficient (Wildman–Crippen LogP) is 4.22. The molecule has 0 spiro atoms. The van der Waals surface area contributed by atoms with Gasteiger partial charge in [-0.25, -0.2) is 0 Å². The molecule has 104 valence electrons. The number of phenols is 1. The fourth-order valence-electron chi connectivity index (χ4n) is 2.50. The van der Waals surface area contributed by atoms with Crippen molar-refractivity contribution in [2.45, 2.75) is 6.61 Å². The minimum absolute atomic E-state index is 0.0651. The average molecular weight is 276 g/mol. The number of aliphatic hydroxyl groups is 1. The normalized spacial score (nSPS) is 10.5. The summed E-state index contributed by atoms with van der Waals surface area (Å²) in [5, 5.41) is 19.6. The van der Waals surface area contributed by atoms with Gasteiger partial charge in [0.2, 0.25) is 0 Å². The molecule has 0 bridgehead atoms. The molecule has 0 heterocycles. The van der Waals surface area contributed by atoms with Gasteiger partial charge in [-0.05, 0) is 34.4 Å². The number of benzene rings is 3. The zero-order chi connectivity index (χ0) is 14.7. The molecule has 3 aromatic rings. The summed E-state index contributed by atoms with van der Waals surface area (Å²) in [6.45, 7) is -0.0651. The highest BCUT2D eigenvalue weighted by atomic mass is 16.3. The molecule has 0 radical (unpaired) electrons. The molecule has 0 aliphatic carbocycles. The number of para-hydroxylation sites is 1. The summed E-state index contributed by atoms with van der Waals surface area (Å²) in [4.78, 5) is 0. The van der Waals surface area contributed by atoms with Gasteiger partial charge in [-0.2, -0.15) is 0 Å². The van der Waals surface area contributed by atoms with E-state index in [1.54, 1.807) is 12.1 Å². The number of rotatable bonds is 3. The maximum absolute atomic E-state index is 9.99. The molecular formula is C19H16O2. The average Bonchev–Trinajstić information content (AvgIpc) is 2.56. The summed E-state index contributed by atoms with van der Waals surface area (Å²) in [5.74, 6) is 0.222.